The highest BCUT2D eigenvalue weighted by atomic mass is 16.5. The average molecular weight is 210 g/mol. The Morgan fingerprint density at radius 2 is 2.53 bits per heavy atom. The van der Waals surface area contributed by atoms with Gasteiger partial charge in [0.2, 0.25) is 0 Å². The molecule has 1 aliphatic carbocycles. The molecule has 2 rings (SSSR count). The monoisotopic (exact) mass is 210 g/mol. The van der Waals surface area contributed by atoms with Gasteiger partial charge in [-0.05, 0) is 18.8 Å². The molecule has 1 heterocycles. The molecule has 1 aromatic rings. The molecular formula is C9H14N4O2. The number of rotatable bonds is 4. The number of carbonyl (C=O) groups is 1. The highest BCUT2D eigenvalue weighted by Gasteiger charge is 2.24. The van der Waals surface area contributed by atoms with Crippen LogP contribution in [0, 0.1) is 5.92 Å². The first kappa shape index (κ1) is 10.1. The van der Waals surface area contributed by atoms with E-state index >= 15 is 0 Å². The van der Waals surface area contributed by atoms with E-state index in [4.69, 9.17) is 5.73 Å². The summed E-state index contributed by atoms with van der Waals surface area (Å²) in [6.45, 7) is 0.862. The number of hydrogen-bond acceptors (Lipinski definition) is 5. The van der Waals surface area contributed by atoms with Crippen molar-refractivity contribution in [2.45, 2.75) is 25.4 Å². The van der Waals surface area contributed by atoms with Crippen molar-refractivity contribution in [3.05, 3.63) is 11.9 Å². The number of ether oxygens (including phenoxy) is 1. The Morgan fingerprint density at radius 1 is 1.80 bits per heavy atom. The zero-order chi connectivity index (χ0) is 10.8. The molecule has 1 saturated carbocycles. The lowest BCUT2D eigenvalue weighted by atomic mass is 10.2. The second-order valence-corrected chi connectivity index (χ2v) is 3.81. The molecule has 15 heavy (non-hydrogen) atoms. The maximum absolute atomic E-state index is 11.1. The van der Waals surface area contributed by atoms with Crippen LogP contribution in [0.5, 0.6) is 0 Å². The van der Waals surface area contributed by atoms with Crippen LogP contribution in [0.4, 0.5) is 0 Å². The third kappa shape index (κ3) is 2.33. The third-order valence-electron chi connectivity index (χ3n) is 2.47. The summed E-state index contributed by atoms with van der Waals surface area (Å²) in [5, 5.41) is 7.77. The van der Waals surface area contributed by atoms with Crippen molar-refractivity contribution in [3.63, 3.8) is 0 Å². The predicted octanol–water partition coefficient (Wildman–Crippen LogP) is -0.139. The first-order chi connectivity index (χ1) is 7.20. The van der Waals surface area contributed by atoms with Crippen LogP contribution < -0.4 is 5.73 Å². The number of hydrogen-bond donors (Lipinski definition) is 1. The van der Waals surface area contributed by atoms with Gasteiger partial charge in [0.15, 0.2) is 0 Å². The lowest BCUT2D eigenvalue weighted by Gasteiger charge is -2.03. The Labute approximate surface area is 87.4 Å². The van der Waals surface area contributed by atoms with E-state index in [0.717, 1.165) is 6.54 Å². The van der Waals surface area contributed by atoms with Crippen LogP contribution in [0.3, 0.4) is 0 Å². The van der Waals surface area contributed by atoms with Gasteiger partial charge in [-0.2, -0.15) is 0 Å². The van der Waals surface area contributed by atoms with Gasteiger partial charge in [0, 0.05) is 6.54 Å². The summed E-state index contributed by atoms with van der Waals surface area (Å²) in [5.41, 5.74) is 6.08. The average Bonchev–Trinajstić information content (AvgIpc) is 2.93. The standard InChI is InChI=1S/C9H14N4O2/c1-15-9(14)8(10)7-5-13(12-11-7)4-6-2-3-6/h5-6,8H,2-4,10H2,1H3. The van der Waals surface area contributed by atoms with Crippen LogP contribution in [0.15, 0.2) is 6.20 Å². The minimum atomic E-state index is -0.831. The molecule has 1 aromatic heterocycles. The summed E-state index contributed by atoms with van der Waals surface area (Å²) in [6.07, 6.45) is 4.20. The molecule has 1 atom stereocenters. The van der Waals surface area contributed by atoms with Crippen molar-refractivity contribution in [1.29, 1.82) is 0 Å². The van der Waals surface area contributed by atoms with E-state index in [1.165, 1.54) is 20.0 Å². The summed E-state index contributed by atoms with van der Waals surface area (Å²) in [6, 6.07) is -0.831. The van der Waals surface area contributed by atoms with Gasteiger partial charge in [-0.25, -0.2) is 4.79 Å². The molecule has 0 saturated heterocycles. The molecule has 82 valence electrons. The number of nitrogens with two attached hydrogens (primary N) is 1. The summed E-state index contributed by atoms with van der Waals surface area (Å²) in [5.74, 6) is 0.224. The Hall–Kier alpha value is -1.43. The van der Waals surface area contributed by atoms with Crippen molar-refractivity contribution in [1.82, 2.24) is 15.0 Å². The fourth-order valence-electron chi connectivity index (χ4n) is 1.36. The Bertz CT molecular complexity index is 359. The topological polar surface area (TPSA) is 83.0 Å². The predicted molar refractivity (Wildman–Crippen MR) is 51.7 cm³/mol. The van der Waals surface area contributed by atoms with E-state index in [1.54, 1.807) is 10.9 Å². The number of carbonyl (C=O) groups excluding carboxylic acids is 1. The van der Waals surface area contributed by atoms with Crippen LogP contribution in [-0.2, 0) is 16.1 Å². The lowest BCUT2D eigenvalue weighted by Crippen LogP contribution is -2.22. The Balaban J connectivity index is 2.01. The van der Waals surface area contributed by atoms with Gasteiger partial charge >= 0.3 is 5.97 Å². The number of esters is 1. The molecule has 0 radical (unpaired) electrons. The largest absolute Gasteiger partial charge is 0.468 e. The number of nitrogens with zero attached hydrogens (tertiary/aromatic N) is 3. The molecule has 0 aliphatic heterocycles. The van der Waals surface area contributed by atoms with Gasteiger partial charge in [-0.1, -0.05) is 5.21 Å². The van der Waals surface area contributed by atoms with Gasteiger partial charge in [-0.3, -0.25) is 4.68 Å². The molecule has 6 heteroatoms. The lowest BCUT2D eigenvalue weighted by molar-refractivity contribution is -0.142. The molecule has 0 spiro atoms. The summed E-state index contributed by atoms with van der Waals surface area (Å²) < 4.78 is 6.26. The molecule has 1 unspecified atom stereocenters. The second-order valence-electron chi connectivity index (χ2n) is 3.81. The van der Waals surface area contributed by atoms with E-state index in [0.29, 0.717) is 11.6 Å². The van der Waals surface area contributed by atoms with E-state index < -0.39 is 12.0 Å². The maximum atomic E-state index is 11.1. The van der Waals surface area contributed by atoms with Crippen molar-refractivity contribution in [2.75, 3.05) is 7.11 Å². The minimum Gasteiger partial charge on any atom is -0.468 e. The Morgan fingerprint density at radius 3 is 3.13 bits per heavy atom. The fourth-order valence-corrected chi connectivity index (χ4v) is 1.36. The zero-order valence-electron chi connectivity index (χ0n) is 8.59. The third-order valence-corrected chi connectivity index (χ3v) is 2.47. The SMILES string of the molecule is COC(=O)C(N)c1cn(CC2CC2)nn1. The fraction of sp³-hybridized carbons (Fsp3) is 0.667. The summed E-state index contributed by atoms with van der Waals surface area (Å²) in [7, 11) is 1.30. The van der Waals surface area contributed by atoms with Crippen LogP contribution in [0.1, 0.15) is 24.6 Å². The molecule has 1 aliphatic rings. The van der Waals surface area contributed by atoms with Crippen LogP contribution in [-0.4, -0.2) is 28.1 Å². The number of methoxy groups -OCH3 is 1. The van der Waals surface area contributed by atoms with Crippen LogP contribution >= 0.6 is 0 Å². The molecule has 0 amide bonds. The van der Waals surface area contributed by atoms with Crippen molar-refractivity contribution >= 4 is 5.97 Å². The van der Waals surface area contributed by atoms with Gasteiger partial charge in [0.25, 0.3) is 0 Å². The van der Waals surface area contributed by atoms with Gasteiger partial charge in [-0.15, -0.1) is 5.10 Å². The highest BCUT2D eigenvalue weighted by molar-refractivity contribution is 5.76. The highest BCUT2D eigenvalue weighted by Crippen LogP contribution is 2.30. The molecule has 2 N–H and O–H groups in total. The normalized spacial score (nSPS) is 17.5. The molecule has 0 aromatic carbocycles. The van der Waals surface area contributed by atoms with Crippen molar-refractivity contribution < 1.29 is 9.53 Å². The summed E-state index contributed by atoms with van der Waals surface area (Å²) in [4.78, 5) is 11.1. The maximum Gasteiger partial charge on any atom is 0.329 e. The Kier molecular flexibility index (Phi) is 2.68. The van der Waals surface area contributed by atoms with E-state index in [2.05, 4.69) is 15.0 Å². The first-order valence-electron chi connectivity index (χ1n) is 4.94. The molecular weight excluding hydrogens is 196 g/mol. The van der Waals surface area contributed by atoms with E-state index in [9.17, 15) is 4.79 Å². The van der Waals surface area contributed by atoms with Crippen LogP contribution in [0.25, 0.3) is 0 Å². The first-order valence-corrected chi connectivity index (χ1v) is 4.94. The second kappa shape index (κ2) is 3.98. The van der Waals surface area contributed by atoms with Crippen molar-refractivity contribution in [2.24, 2.45) is 11.7 Å². The zero-order valence-corrected chi connectivity index (χ0v) is 8.59. The van der Waals surface area contributed by atoms with Crippen molar-refractivity contribution in [3.8, 4) is 0 Å². The smallest absolute Gasteiger partial charge is 0.329 e. The van der Waals surface area contributed by atoms with E-state index in [1.807, 2.05) is 0 Å². The van der Waals surface area contributed by atoms with Crippen LogP contribution in [0.2, 0.25) is 0 Å². The van der Waals surface area contributed by atoms with Gasteiger partial charge < -0.3 is 10.5 Å². The summed E-state index contributed by atoms with van der Waals surface area (Å²) >= 11 is 0. The van der Waals surface area contributed by atoms with E-state index in [-0.39, 0.29) is 0 Å². The quantitative estimate of drug-likeness (QED) is 0.699. The van der Waals surface area contributed by atoms with Gasteiger partial charge in [0.1, 0.15) is 11.7 Å². The number of aromatic nitrogens is 3. The van der Waals surface area contributed by atoms with Gasteiger partial charge in [0.05, 0.1) is 13.3 Å². The minimum absolute atomic E-state index is 0.461. The molecule has 6 nitrogen and oxygen atoms in total. The molecule has 0 bridgehead atoms. The molecule has 1 fully saturated rings.